The van der Waals surface area contributed by atoms with Crippen molar-refractivity contribution in [3.63, 3.8) is 0 Å². The van der Waals surface area contributed by atoms with Gasteiger partial charge in [0.1, 0.15) is 16.6 Å². The van der Waals surface area contributed by atoms with Crippen LogP contribution in [0.5, 0.6) is 5.75 Å². The Morgan fingerprint density at radius 1 is 0.956 bits per heavy atom. The van der Waals surface area contributed by atoms with Gasteiger partial charge in [-0.1, -0.05) is 41.9 Å². The van der Waals surface area contributed by atoms with Gasteiger partial charge in [-0.25, -0.2) is 9.67 Å². The van der Waals surface area contributed by atoms with Crippen molar-refractivity contribution in [2.24, 2.45) is 5.73 Å². The number of primary amides is 1. The van der Waals surface area contributed by atoms with Crippen LogP contribution in [0.3, 0.4) is 0 Å². The fraction of sp³-hybridized carbons (Fsp3) is 0.194. The molecular formula is C31H21ClF6N4O3. The number of amides is 1. The highest BCUT2D eigenvalue weighted by Gasteiger charge is 2.50. The minimum atomic E-state index is -4.89. The largest absolute Gasteiger partial charge is 0.573 e. The molecule has 0 saturated heterocycles. The SMILES string of the molecule is Cc1nc(-c2cc(-c3cccc(C4(C(N)=O)CC4)c3)ccc2-n2nc(C(F)(F)F)cc2Cl)c(-c2ccc(OC(F)(F)F)cc2)o1. The highest BCUT2D eigenvalue weighted by molar-refractivity contribution is 6.30. The van der Waals surface area contributed by atoms with Gasteiger partial charge in [-0.05, 0) is 65.9 Å². The summed E-state index contributed by atoms with van der Waals surface area (Å²) in [6.07, 6.45) is -8.44. The molecule has 0 spiro atoms. The number of oxazole rings is 1. The number of rotatable bonds is 7. The number of aromatic nitrogens is 3. The summed E-state index contributed by atoms with van der Waals surface area (Å²) in [5.74, 6) is -0.588. The molecule has 14 heteroatoms. The van der Waals surface area contributed by atoms with Crippen molar-refractivity contribution in [3.05, 3.63) is 95.1 Å². The molecule has 5 aromatic rings. The van der Waals surface area contributed by atoms with Crippen molar-refractivity contribution in [2.75, 3.05) is 0 Å². The maximum absolute atomic E-state index is 13.6. The first-order valence-electron chi connectivity index (χ1n) is 13.4. The van der Waals surface area contributed by atoms with Crippen molar-refractivity contribution in [2.45, 2.75) is 37.7 Å². The molecule has 0 radical (unpaired) electrons. The van der Waals surface area contributed by atoms with Crippen LogP contribution in [-0.4, -0.2) is 27.0 Å². The normalized spacial score (nSPS) is 14.4. The molecule has 232 valence electrons. The summed E-state index contributed by atoms with van der Waals surface area (Å²) in [6.45, 7) is 1.54. The highest BCUT2D eigenvalue weighted by atomic mass is 35.5. The molecule has 0 atom stereocenters. The van der Waals surface area contributed by atoms with E-state index in [9.17, 15) is 31.1 Å². The van der Waals surface area contributed by atoms with Crippen molar-refractivity contribution in [3.8, 4) is 45.1 Å². The first kappa shape index (κ1) is 30.3. The molecule has 0 aliphatic heterocycles. The van der Waals surface area contributed by atoms with E-state index >= 15 is 0 Å². The molecule has 1 aliphatic rings. The highest BCUT2D eigenvalue weighted by Crippen LogP contribution is 2.49. The third-order valence-corrected chi connectivity index (χ3v) is 7.76. The molecule has 45 heavy (non-hydrogen) atoms. The summed E-state index contributed by atoms with van der Waals surface area (Å²) in [5, 5.41) is 3.37. The van der Waals surface area contributed by atoms with E-state index in [0.717, 1.165) is 22.4 Å². The summed E-state index contributed by atoms with van der Waals surface area (Å²) < 4.78 is 89.5. The Morgan fingerprint density at radius 3 is 2.22 bits per heavy atom. The Balaban J connectivity index is 1.52. The van der Waals surface area contributed by atoms with E-state index in [-0.39, 0.29) is 33.7 Å². The molecule has 1 aliphatic carbocycles. The van der Waals surface area contributed by atoms with Crippen LogP contribution in [0.2, 0.25) is 5.15 Å². The molecule has 0 bridgehead atoms. The van der Waals surface area contributed by atoms with Gasteiger partial charge in [-0.3, -0.25) is 4.79 Å². The van der Waals surface area contributed by atoms with Gasteiger partial charge in [0.25, 0.3) is 0 Å². The molecule has 1 saturated carbocycles. The Bertz CT molecular complexity index is 1920. The van der Waals surface area contributed by atoms with Crippen molar-refractivity contribution in [1.82, 2.24) is 14.8 Å². The lowest BCUT2D eigenvalue weighted by molar-refractivity contribution is -0.274. The number of carbonyl (C=O) groups excluding carboxylic acids is 1. The average Bonchev–Trinajstić information content (AvgIpc) is 3.57. The summed E-state index contributed by atoms with van der Waals surface area (Å²) in [7, 11) is 0. The summed E-state index contributed by atoms with van der Waals surface area (Å²) in [4.78, 5) is 16.7. The predicted octanol–water partition coefficient (Wildman–Crippen LogP) is 8.26. The Kier molecular flexibility index (Phi) is 7.18. The molecule has 2 N–H and O–H groups in total. The van der Waals surface area contributed by atoms with Crippen LogP contribution >= 0.6 is 11.6 Å². The van der Waals surface area contributed by atoms with Crippen molar-refractivity contribution >= 4 is 17.5 Å². The Hall–Kier alpha value is -4.78. The van der Waals surface area contributed by atoms with Crippen LogP contribution in [0, 0.1) is 6.92 Å². The maximum Gasteiger partial charge on any atom is 0.573 e. The number of ether oxygens (including phenoxy) is 1. The Morgan fingerprint density at radius 2 is 1.62 bits per heavy atom. The summed E-state index contributed by atoms with van der Waals surface area (Å²) in [5.41, 5.74) is 6.60. The number of aryl methyl sites for hydroxylation is 1. The second-order valence-electron chi connectivity index (χ2n) is 10.5. The van der Waals surface area contributed by atoms with Gasteiger partial charge < -0.3 is 14.9 Å². The molecule has 3 aromatic carbocycles. The number of halogens is 7. The van der Waals surface area contributed by atoms with Gasteiger partial charge >= 0.3 is 12.5 Å². The van der Waals surface area contributed by atoms with E-state index in [1.807, 2.05) is 12.1 Å². The molecule has 0 unspecified atom stereocenters. The maximum atomic E-state index is 13.6. The fourth-order valence-electron chi connectivity index (χ4n) is 5.17. The van der Waals surface area contributed by atoms with Gasteiger partial charge in [0.2, 0.25) is 5.91 Å². The molecule has 2 aromatic heterocycles. The third-order valence-electron chi connectivity index (χ3n) is 7.49. The first-order valence-corrected chi connectivity index (χ1v) is 13.7. The number of nitrogens with zero attached hydrogens (tertiary/aromatic N) is 3. The minimum Gasteiger partial charge on any atom is -0.440 e. The van der Waals surface area contributed by atoms with Gasteiger partial charge in [-0.2, -0.15) is 18.3 Å². The standard InChI is InChI=1S/C31H21ClF6N4O3/c1-16-40-26(27(44-16)17-5-8-21(9-6-17)45-31(36,37)38)22-14-19(18-3-2-4-20(13-18)29(11-12-29)28(39)43)7-10-23(22)42-25(32)15-24(41-42)30(33,34)35/h2-10,13-15H,11-12H2,1H3,(H2,39,43). The molecule has 1 amide bonds. The van der Waals surface area contributed by atoms with Crippen molar-refractivity contribution in [1.29, 1.82) is 0 Å². The zero-order chi connectivity index (χ0) is 32.3. The van der Waals surface area contributed by atoms with E-state index in [1.54, 1.807) is 31.2 Å². The smallest absolute Gasteiger partial charge is 0.440 e. The third kappa shape index (κ3) is 5.87. The van der Waals surface area contributed by atoms with E-state index in [2.05, 4.69) is 14.8 Å². The zero-order valence-electron chi connectivity index (χ0n) is 23.1. The quantitative estimate of drug-likeness (QED) is 0.180. The fourth-order valence-corrected chi connectivity index (χ4v) is 5.40. The van der Waals surface area contributed by atoms with Gasteiger partial charge in [0.15, 0.2) is 17.3 Å². The number of alkyl halides is 6. The summed E-state index contributed by atoms with van der Waals surface area (Å²) >= 11 is 6.25. The van der Waals surface area contributed by atoms with Crippen LogP contribution in [-0.2, 0) is 16.4 Å². The van der Waals surface area contributed by atoms with Crippen LogP contribution < -0.4 is 10.5 Å². The van der Waals surface area contributed by atoms with E-state index in [4.69, 9.17) is 21.8 Å². The predicted molar refractivity (Wildman–Crippen MR) is 151 cm³/mol. The van der Waals surface area contributed by atoms with Crippen LogP contribution in [0.25, 0.3) is 39.4 Å². The topological polar surface area (TPSA) is 96.2 Å². The van der Waals surface area contributed by atoms with E-state index in [1.165, 1.54) is 18.2 Å². The van der Waals surface area contributed by atoms with Gasteiger partial charge in [0.05, 0.1) is 11.1 Å². The number of nitrogens with two attached hydrogens (primary N) is 1. The van der Waals surface area contributed by atoms with E-state index in [0.29, 0.717) is 35.6 Å². The van der Waals surface area contributed by atoms with Crippen LogP contribution in [0.15, 0.2) is 77.2 Å². The van der Waals surface area contributed by atoms with Crippen molar-refractivity contribution < 1.29 is 40.3 Å². The minimum absolute atomic E-state index is 0.123. The van der Waals surface area contributed by atoms with Gasteiger partial charge in [0, 0.05) is 24.1 Å². The summed E-state index contributed by atoms with van der Waals surface area (Å²) in [6, 6.07) is 17.6. The number of hydrogen-bond donors (Lipinski definition) is 1. The lowest BCUT2D eigenvalue weighted by atomic mass is 9.91. The lowest BCUT2D eigenvalue weighted by Crippen LogP contribution is -2.28. The molecule has 2 heterocycles. The number of carbonyl (C=O) groups is 1. The molecule has 7 nitrogen and oxygen atoms in total. The average molecular weight is 647 g/mol. The Labute approximate surface area is 256 Å². The number of hydrogen-bond acceptors (Lipinski definition) is 5. The zero-order valence-corrected chi connectivity index (χ0v) is 23.9. The monoisotopic (exact) mass is 646 g/mol. The second kappa shape index (κ2) is 10.7. The second-order valence-corrected chi connectivity index (χ2v) is 10.9. The molecule has 6 rings (SSSR count). The van der Waals surface area contributed by atoms with Gasteiger partial charge in [-0.15, -0.1) is 13.2 Å². The van der Waals surface area contributed by atoms with E-state index < -0.39 is 35.3 Å². The van der Waals surface area contributed by atoms with Crippen LogP contribution in [0.4, 0.5) is 26.3 Å². The lowest BCUT2D eigenvalue weighted by Gasteiger charge is -2.15. The molecular weight excluding hydrogens is 626 g/mol. The number of benzene rings is 3. The first-order chi connectivity index (χ1) is 21.1. The molecule has 1 fully saturated rings. The van der Waals surface area contributed by atoms with Crippen LogP contribution in [0.1, 0.15) is 30.0 Å².